The van der Waals surface area contributed by atoms with Crippen molar-refractivity contribution >= 4 is 75.4 Å². The van der Waals surface area contributed by atoms with Crippen molar-refractivity contribution in [2.75, 3.05) is 105 Å². The van der Waals surface area contributed by atoms with Crippen LogP contribution in [-0.2, 0) is 48.2 Å². The van der Waals surface area contributed by atoms with Gasteiger partial charge in [-0.05, 0) is 90.6 Å². The van der Waals surface area contributed by atoms with Crippen molar-refractivity contribution in [2.45, 2.75) is 134 Å². The van der Waals surface area contributed by atoms with Gasteiger partial charge in [-0.2, -0.15) is 9.83 Å². The molecule has 0 bridgehead atoms. The van der Waals surface area contributed by atoms with Crippen LogP contribution < -0.4 is 38.5 Å². The van der Waals surface area contributed by atoms with Crippen molar-refractivity contribution in [3.8, 4) is 46.1 Å². The summed E-state index contributed by atoms with van der Waals surface area (Å²) in [6.45, 7) is 4.69. The number of aromatic nitrogens is 4. The highest BCUT2D eigenvalue weighted by Crippen LogP contribution is 2.42. The Bertz CT molecular complexity index is 4090. The average molecular weight is 1410 g/mol. The highest BCUT2D eigenvalue weighted by molar-refractivity contribution is 5.96. The Morgan fingerprint density at radius 2 is 1.46 bits per heavy atom. The molecule has 0 aliphatic carbocycles. The molecule has 2 saturated heterocycles. The fourth-order valence-electron chi connectivity index (χ4n) is 12.9. The van der Waals surface area contributed by atoms with Gasteiger partial charge >= 0.3 is 30.3 Å². The Morgan fingerprint density at radius 3 is 2.21 bits per heavy atom. The van der Waals surface area contributed by atoms with Crippen LogP contribution in [0.5, 0.6) is 28.7 Å². The number of carboxylic acids is 1. The Balaban J connectivity index is 0.635. The lowest BCUT2D eigenvalue weighted by atomic mass is 9.92. The molecule has 2 fully saturated rings. The van der Waals surface area contributed by atoms with Crippen LogP contribution in [0, 0.1) is 17.2 Å². The molecule has 0 spiro atoms. The molecule has 4 aliphatic heterocycles. The molecule has 6 amide bonds. The minimum Gasteiger partial charge on any atom is -0.493 e. The average Bonchev–Trinajstić information content (AvgIpc) is 1.15. The van der Waals surface area contributed by atoms with Crippen molar-refractivity contribution in [1.82, 2.24) is 39.0 Å². The molecule has 7 atom stereocenters. The third-order valence-electron chi connectivity index (χ3n) is 19.0. The molecule has 546 valence electrons. The molecule has 4 aliphatic rings. The fourth-order valence-corrected chi connectivity index (χ4v) is 12.9. The summed E-state index contributed by atoms with van der Waals surface area (Å²) in [4.78, 5) is 110. The topological polar surface area (TPSA) is 364 Å². The second kappa shape index (κ2) is 33.9. The van der Waals surface area contributed by atoms with Gasteiger partial charge in [0.15, 0.2) is 47.5 Å². The van der Waals surface area contributed by atoms with E-state index in [2.05, 4.69) is 32.8 Å². The van der Waals surface area contributed by atoms with Crippen molar-refractivity contribution in [1.29, 1.82) is 5.26 Å². The maximum atomic E-state index is 13.9. The predicted octanol–water partition coefficient (Wildman–Crippen LogP) is 6.51. The SMILES string of the molecule is COc1ccc2cc3[n+](cc2c1OC(=O)N(C)CCCN(C)C(=O)OCCCCCCCCCC(=O)Nc1cc(COC(=O)N(C)CCN(C)C(=O)n2ccc4c(N(C)[C@@H]5CN(C(=O)CC#N)CC[C@@H]5C)ncnc42)ccc1O[C@@H]1O[C@H](C(=O)O)[C@@H](O)[C@H](O)[C@H]1O)CCc1cc2c(cc1-3)OCO2. The molecule has 0 saturated carbocycles. The zero-order chi connectivity index (χ0) is 72.9. The van der Waals surface area contributed by atoms with Crippen LogP contribution in [0.2, 0.25) is 0 Å². The standard InChI is InChI=1S/C71H88N12O19/c1-43-22-28-82(58(85)21-25-72)39-52(43)80(6)64-47-24-30-83(65(47)74-41-73-64)68(91)76(2)31-32-79(5)70(93)97-40-44-17-19-53(100-67-61(88)59(86)60(87)63(101-67)66(89)90)50(34-44)75-57(84)16-13-11-9-8-10-12-14-33-96-69(92)77(3)26-15-27-78(4)71(94)102-62-49-38-81-29-23-46-36-55-56(99-42-98-55)37-48(46)51(81)35-45(49)18-20-54(62)95-7/h17-20,24,30,34-38,41,43,52,59-61,63,67,86-88H,8-16,21-23,26-29,31-33,39-40,42H2,1-7H3,(H-,75,84,89,90)/p+1/t43-,52+,59-,60-,61+,63-,67+/m0/s1. The molecule has 7 heterocycles. The molecule has 6 aromatic rings. The van der Waals surface area contributed by atoms with E-state index in [1.54, 1.807) is 44.4 Å². The molecular weight excluding hydrogens is 1320 g/mol. The highest BCUT2D eigenvalue weighted by atomic mass is 16.7. The number of aliphatic carboxylic acids is 1. The maximum absolute atomic E-state index is 13.9. The number of methoxy groups -OCH3 is 1. The largest absolute Gasteiger partial charge is 0.493 e. The van der Waals surface area contributed by atoms with Gasteiger partial charge in [0.25, 0.3) is 0 Å². The molecule has 31 nitrogen and oxygen atoms in total. The summed E-state index contributed by atoms with van der Waals surface area (Å²) in [5, 5.41) is 55.3. The molecule has 10 rings (SSSR count). The summed E-state index contributed by atoms with van der Waals surface area (Å²) in [6, 6.07) is 17.3. The second-order valence-electron chi connectivity index (χ2n) is 26.1. The van der Waals surface area contributed by atoms with Gasteiger partial charge in [-0.25, -0.2) is 33.9 Å². The van der Waals surface area contributed by atoms with Crippen LogP contribution in [-0.4, -0.2) is 233 Å². The van der Waals surface area contributed by atoms with Gasteiger partial charge < -0.3 is 93.0 Å². The number of amides is 6. The quantitative estimate of drug-likeness (QED) is 0.0258. The van der Waals surface area contributed by atoms with Gasteiger partial charge in [0.1, 0.15) is 49.2 Å². The molecule has 0 unspecified atom stereocenters. The first-order valence-electron chi connectivity index (χ1n) is 34.2. The van der Waals surface area contributed by atoms with E-state index < -0.39 is 66.9 Å². The number of aliphatic hydroxyl groups excluding tert-OH is 3. The summed E-state index contributed by atoms with van der Waals surface area (Å²) in [6.07, 6.45) is 0.701. The number of fused-ring (bicyclic) bond motifs is 6. The molecule has 102 heavy (non-hydrogen) atoms. The van der Waals surface area contributed by atoms with Crippen LogP contribution in [0.1, 0.15) is 88.7 Å². The highest BCUT2D eigenvalue weighted by Gasteiger charge is 2.48. The molecule has 3 aromatic carbocycles. The number of aryl methyl sites for hydroxylation is 2. The van der Waals surface area contributed by atoms with Crippen LogP contribution in [0.3, 0.4) is 0 Å². The summed E-state index contributed by atoms with van der Waals surface area (Å²) in [5.74, 6) is 0.592. The number of hydrogen-bond donors (Lipinski definition) is 5. The summed E-state index contributed by atoms with van der Waals surface area (Å²) >= 11 is 0. The number of pyridine rings is 1. The third-order valence-corrected chi connectivity index (χ3v) is 19.0. The number of carboxylic acid groups (broad SMARTS) is 1. The Labute approximate surface area is 589 Å². The van der Waals surface area contributed by atoms with E-state index in [-0.39, 0.29) is 75.2 Å². The number of carbonyl (C=O) groups is 7. The number of rotatable bonds is 28. The predicted molar refractivity (Wildman–Crippen MR) is 367 cm³/mol. The van der Waals surface area contributed by atoms with E-state index in [1.807, 2.05) is 42.4 Å². The number of anilines is 2. The fraction of sp³-hybridized carbons (Fsp3) is 0.507. The van der Waals surface area contributed by atoms with Crippen molar-refractivity contribution in [3.05, 3.63) is 84.4 Å². The Kier molecular flexibility index (Phi) is 24.7. The van der Waals surface area contributed by atoms with E-state index in [1.165, 1.54) is 68.4 Å². The lowest BCUT2D eigenvalue weighted by molar-refractivity contribution is -0.686. The van der Waals surface area contributed by atoms with E-state index in [0.29, 0.717) is 98.1 Å². The van der Waals surface area contributed by atoms with Crippen LogP contribution in [0.4, 0.5) is 30.7 Å². The van der Waals surface area contributed by atoms with Gasteiger partial charge in [-0.15, -0.1) is 0 Å². The van der Waals surface area contributed by atoms with Gasteiger partial charge in [-0.3, -0.25) is 14.2 Å². The van der Waals surface area contributed by atoms with Gasteiger partial charge in [0.05, 0.1) is 47.9 Å². The first-order chi connectivity index (χ1) is 49.0. The lowest BCUT2D eigenvalue weighted by Crippen LogP contribution is -2.61. The molecule has 3 aromatic heterocycles. The number of likely N-dealkylation sites (tertiary alicyclic amines) is 1. The second-order valence-corrected chi connectivity index (χ2v) is 26.1. The normalized spacial score (nSPS) is 18.8. The number of nitrogens with one attached hydrogen (secondary N) is 1. The lowest BCUT2D eigenvalue weighted by Gasteiger charge is -2.42. The zero-order valence-corrected chi connectivity index (χ0v) is 58.4. The number of ether oxygens (including phenoxy) is 8. The Hall–Kier alpha value is -10.3. The summed E-state index contributed by atoms with van der Waals surface area (Å²) in [5.41, 5.74) is 4.02. The summed E-state index contributed by atoms with van der Waals surface area (Å²) in [7, 11) is 9.75. The van der Waals surface area contributed by atoms with Crippen molar-refractivity contribution in [3.63, 3.8) is 0 Å². The van der Waals surface area contributed by atoms with Crippen LogP contribution >= 0.6 is 0 Å². The smallest absolute Gasteiger partial charge is 0.415 e. The van der Waals surface area contributed by atoms with Gasteiger partial charge in [0.2, 0.25) is 30.6 Å². The Morgan fingerprint density at radius 1 is 0.765 bits per heavy atom. The molecular formula is C71H89N12O19+. The number of benzene rings is 3. The van der Waals surface area contributed by atoms with Gasteiger partial charge in [0, 0.05) is 99.6 Å². The van der Waals surface area contributed by atoms with Gasteiger partial charge in [-0.1, -0.05) is 45.1 Å². The van der Waals surface area contributed by atoms with E-state index in [4.69, 9.17) is 43.2 Å². The number of hydrogen-bond acceptors (Lipinski definition) is 22. The monoisotopic (exact) mass is 1410 g/mol. The van der Waals surface area contributed by atoms with Crippen LogP contribution in [0.15, 0.2) is 73.3 Å². The van der Waals surface area contributed by atoms with E-state index in [9.17, 15) is 54.0 Å². The number of likely N-dealkylation sites (N-methyl/N-ethyl adjacent to an activating group) is 3. The zero-order valence-electron chi connectivity index (χ0n) is 58.4. The first-order valence-corrected chi connectivity index (χ1v) is 34.2. The first kappa shape index (κ1) is 74.4. The minimum atomic E-state index is -1.97. The van der Waals surface area contributed by atoms with E-state index in [0.717, 1.165) is 66.3 Å². The number of aliphatic hydroxyl groups is 3. The number of piperidine rings is 1. The number of nitriles is 1. The minimum absolute atomic E-state index is 0.0444. The third kappa shape index (κ3) is 17.5. The van der Waals surface area contributed by atoms with Crippen molar-refractivity contribution in [2.24, 2.45) is 5.92 Å². The molecule has 31 heteroatoms. The van der Waals surface area contributed by atoms with Crippen LogP contribution in [0.25, 0.3) is 33.1 Å². The number of carbonyl (C=O) groups excluding carboxylic acids is 6. The molecule has 0 radical (unpaired) electrons. The maximum Gasteiger partial charge on any atom is 0.415 e. The summed E-state index contributed by atoms with van der Waals surface area (Å²) < 4.78 is 48.8. The van der Waals surface area contributed by atoms with Crippen molar-refractivity contribution < 1.29 is 96.4 Å². The molecule has 5 N–H and O–H groups in total. The van der Waals surface area contributed by atoms with E-state index >= 15 is 0 Å². The number of nitrogens with zero attached hydrogens (tertiary/aromatic N) is 11. The number of unbranched alkanes of at least 4 members (excludes halogenated alkanes) is 6.